The van der Waals surface area contributed by atoms with E-state index in [1.165, 1.54) is 0 Å². The molecule has 1 atom stereocenters. The molecule has 0 aliphatic carbocycles. The molecule has 0 saturated carbocycles. The maximum absolute atomic E-state index is 13.6. The van der Waals surface area contributed by atoms with Gasteiger partial charge in [-0.15, -0.1) is 0 Å². The van der Waals surface area contributed by atoms with Gasteiger partial charge in [0.2, 0.25) is 12.1 Å². The number of benzodiazepines with no additional fused rings is 1. The fraction of sp³-hybridized carbons (Fsp3) is 0.444. The average Bonchev–Trinajstić information content (AvgIpc) is 2.95. The summed E-state index contributed by atoms with van der Waals surface area (Å²) in [5.74, 6) is -0.249. The van der Waals surface area contributed by atoms with Gasteiger partial charge in [-0.1, -0.05) is 68.3 Å². The molecular weight excluding hydrogens is 414 g/mol. The van der Waals surface area contributed by atoms with E-state index in [1.54, 1.807) is 16.8 Å². The number of carbonyl (C=O) groups excluding carboxylic acids is 2. The minimum absolute atomic E-state index is 0.0404. The number of rotatable bonds is 11. The van der Waals surface area contributed by atoms with Crippen molar-refractivity contribution in [1.82, 2.24) is 4.90 Å². The van der Waals surface area contributed by atoms with Crippen LogP contribution < -0.4 is 4.90 Å². The van der Waals surface area contributed by atoms with E-state index in [1.807, 2.05) is 54.6 Å². The minimum atomic E-state index is -0.916. The molecule has 0 fully saturated rings. The molecule has 6 heteroatoms. The van der Waals surface area contributed by atoms with Crippen molar-refractivity contribution < 1.29 is 14.7 Å². The SMILES string of the molecule is CCCCCC(=O)N(CCCCCO)C1N=C(c2ccccc2)c2ccccc2N(C)C1=O. The quantitative estimate of drug-likeness (QED) is 0.517. The molecule has 2 amide bonds. The number of anilines is 1. The van der Waals surface area contributed by atoms with Crippen molar-refractivity contribution in [2.24, 2.45) is 4.99 Å². The van der Waals surface area contributed by atoms with Gasteiger partial charge in [0.25, 0.3) is 5.91 Å². The third-order valence-electron chi connectivity index (χ3n) is 6.04. The predicted molar refractivity (Wildman–Crippen MR) is 133 cm³/mol. The number of unbranched alkanes of at least 4 members (excludes halogenated alkanes) is 4. The molecule has 3 rings (SSSR count). The first-order valence-electron chi connectivity index (χ1n) is 12.0. The Balaban J connectivity index is 2.03. The van der Waals surface area contributed by atoms with Crippen LogP contribution in [0.1, 0.15) is 63.0 Å². The van der Waals surface area contributed by atoms with Crippen molar-refractivity contribution in [1.29, 1.82) is 0 Å². The van der Waals surface area contributed by atoms with Crippen LogP contribution in [0.4, 0.5) is 5.69 Å². The third kappa shape index (κ3) is 6.08. The van der Waals surface area contributed by atoms with Gasteiger partial charge in [-0.2, -0.15) is 0 Å². The maximum atomic E-state index is 13.6. The Kier molecular flexibility index (Phi) is 9.19. The van der Waals surface area contributed by atoms with Gasteiger partial charge in [-0.05, 0) is 31.7 Å². The zero-order chi connectivity index (χ0) is 23.6. The highest BCUT2D eigenvalue weighted by Gasteiger charge is 2.35. The topological polar surface area (TPSA) is 73.2 Å². The van der Waals surface area contributed by atoms with E-state index >= 15 is 0 Å². The molecule has 2 aromatic carbocycles. The summed E-state index contributed by atoms with van der Waals surface area (Å²) < 4.78 is 0. The highest BCUT2D eigenvalue weighted by atomic mass is 16.3. The molecule has 1 aliphatic rings. The van der Waals surface area contributed by atoms with Crippen LogP contribution in [-0.4, -0.2) is 53.9 Å². The van der Waals surface area contributed by atoms with Gasteiger partial charge >= 0.3 is 0 Å². The normalized spacial score (nSPS) is 15.6. The summed E-state index contributed by atoms with van der Waals surface area (Å²) in [6.07, 6.45) is 4.49. The van der Waals surface area contributed by atoms with E-state index in [-0.39, 0.29) is 18.4 Å². The maximum Gasteiger partial charge on any atom is 0.272 e. The Morgan fingerprint density at radius 1 is 1.00 bits per heavy atom. The number of aliphatic hydroxyl groups is 1. The molecule has 1 unspecified atom stereocenters. The second-order valence-corrected chi connectivity index (χ2v) is 8.46. The molecular formula is C27H35N3O3. The summed E-state index contributed by atoms with van der Waals surface area (Å²) in [5, 5.41) is 9.14. The van der Waals surface area contributed by atoms with E-state index in [0.29, 0.717) is 19.4 Å². The Morgan fingerprint density at radius 2 is 1.73 bits per heavy atom. The van der Waals surface area contributed by atoms with Crippen molar-refractivity contribution in [3.63, 3.8) is 0 Å². The minimum Gasteiger partial charge on any atom is -0.396 e. The lowest BCUT2D eigenvalue weighted by molar-refractivity contribution is -0.139. The van der Waals surface area contributed by atoms with Crippen LogP contribution in [0.5, 0.6) is 0 Å². The first-order valence-corrected chi connectivity index (χ1v) is 12.0. The van der Waals surface area contributed by atoms with Gasteiger partial charge in [0, 0.05) is 37.7 Å². The summed E-state index contributed by atoms with van der Waals surface area (Å²) in [6.45, 7) is 2.67. The molecule has 33 heavy (non-hydrogen) atoms. The number of amides is 2. The number of benzene rings is 2. The van der Waals surface area contributed by atoms with Crippen molar-refractivity contribution in [2.75, 3.05) is 25.1 Å². The lowest BCUT2D eigenvalue weighted by atomic mass is 10.0. The zero-order valence-corrected chi connectivity index (χ0v) is 19.7. The molecule has 1 heterocycles. The summed E-state index contributed by atoms with van der Waals surface area (Å²) >= 11 is 0. The molecule has 1 aliphatic heterocycles. The van der Waals surface area contributed by atoms with Crippen LogP contribution in [-0.2, 0) is 9.59 Å². The highest BCUT2D eigenvalue weighted by molar-refractivity contribution is 6.20. The van der Waals surface area contributed by atoms with Crippen LogP contribution >= 0.6 is 0 Å². The molecule has 0 spiro atoms. The fourth-order valence-corrected chi connectivity index (χ4v) is 4.16. The second kappa shape index (κ2) is 12.3. The van der Waals surface area contributed by atoms with Crippen LogP contribution in [0.25, 0.3) is 0 Å². The Morgan fingerprint density at radius 3 is 2.45 bits per heavy atom. The van der Waals surface area contributed by atoms with E-state index in [2.05, 4.69) is 6.92 Å². The number of fused-ring (bicyclic) bond motifs is 1. The molecule has 0 aromatic heterocycles. The Hall–Kier alpha value is -2.99. The Bertz CT molecular complexity index is 958. The number of carbonyl (C=O) groups is 2. The van der Waals surface area contributed by atoms with Crippen molar-refractivity contribution >= 4 is 23.2 Å². The number of aliphatic imine (C=N–C) groups is 1. The number of likely N-dealkylation sites (N-methyl/N-ethyl adjacent to an activating group) is 1. The molecule has 0 bridgehead atoms. The molecule has 176 valence electrons. The van der Waals surface area contributed by atoms with E-state index in [9.17, 15) is 9.59 Å². The number of nitrogens with zero attached hydrogens (tertiary/aromatic N) is 3. The standard InChI is InChI=1S/C27H35N3O3/c1-3-4-7-18-24(32)30(19-12-6-13-20-31)26-27(33)29(2)23-17-11-10-16-22(23)25(28-26)21-14-8-5-9-15-21/h5,8-11,14-17,26,31H,3-4,6-7,12-13,18-20H2,1-2H3. The summed E-state index contributed by atoms with van der Waals surface area (Å²) in [5.41, 5.74) is 3.29. The van der Waals surface area contributed by atoms with Gasteiger partial charge in [-0.25, -0.2) is 4.99 Å². The number of hydrogen-bond donors (Lipinski definition) is 1. The average molecular weight is 450 g/mol. The Labute approximate surface area is 196 Å². The van der Waals surface area contributed by atoms with E-state index in [4.69, 9.17) is 10.1 Å². The largest absolute Gasteiger partial charge is 0.396 e. The third-order valence-corrected chi connectivity index (χ3v) is 6.04. The van der Waals surface area contributed by atoms with Crippen LogP contribution in [0.3, 0.4) is 0 Å². The number of para-hydroxylation sites is 1. The van der Waals surface area contributed by atoms with E-state index in [0.717, 1.165) is 54.6 Å². The molecule has 0 saturated heterocycles. The second-order valence-electron chi connectivity index (χ2n) is 8.46. The van der Waals surface area contributed by atoms with Crippen molar-refractivity contribution in [3.05, 3.63) is 65.7 Å². The number of aliphatic hydroxyl groups excluding tert-OH is 1. The van der Waals surface area contributed by atoms with Gasteiger partial charge in [0.1, 0.15) is 0 Å². The summed E-state index contributed by atoms with van der Waals surface area (Å²) in [4.78, 5) is 35.2. The first-order chi connectivity index (χ1) is 16.1. The van der Waals surface area contributed by atoms with E-state index < -0.39 is 6.17 Å². The monoisotopic (exact) mass is 449 g/mol. The lowest BCUT2D eigenvalue weighted by Crippen LogP contribution is -2.49. The predicted octanol–water partition coefficient (Wildman–Crippen LogP) is 4.40. The lowest BCUT2D eigenvalue weighted by Gasteiger charge is -2.30. The van der Waals surface area contributed by atoms with Crippen LogP contribution in [0.15, 0.2) is 59.6 Å². The van der Waals surface area contributed by atoms with Crippen molar-refractivity contribution in [3.8, 4) is 0 Å². The van der Waals surface area contributed by atoms with Gasteiger partial charge < -0.3 is 14.9 Å². The molecule has 1 N–H and O–H groups in total. The zero-order valence-electron chi connectivity index (χ0n) is 19.7. The molecule has 2 aromatic rings. The summed E-state index contributed by atoms with van der Waals surface area (Å²) in [7, 11) is 1.75. The van der Waals surface area contributed by atoms with Crippen LogP contribution in [0, 0.1) is 0 Å². The van der Waals surface area contributed by atoms with Gasteiger partial charge in [0.15, 0.2) is 0 Å². The molecule has 0 radical (unpaired) electrons. The smallest absolute Gasteiger partial charge is 0.272 e. The van der Waals surface area contributed by atoms with Crippen molar-refractivity contribution in [2.45, 2.75) is 58.0 Å². The van der Waals surface area contributed by atoms with Gasteiger partial charge in [0.05, 0.1) is 11.4 Å². The fourth-order valence-electron chi connectivity index (χ4n) is 4.16. The highest BCUT2D eigenvalue weighted by Crippen LogP contribution is 2.29. The van der Waals surface area contributed by atoms with Crippen LogP contribution in [0.2, 0.25) is 0 Å². The first kappa shape index (κ1) is 24.6. The van der Waals surface area contributed by atoms with Gasteiger partial charge in [-0.3, -0.25) is 9.59 Å². The molecule has 6 nitrogen and oxygen atoms in total. The summed E-state index contributed by atoms with van der Waals surface area (Å²) in [6, 6.07) is 17.6. The number of hydrogen-bond acceptors (Lipinski definition) is 4.